The highest BCUT2D eigenvalue weighted by molar-refractivity contribution is 5.85. The molecule has 0 saturated carbocycles. The maximum atomic E-state index is 11.7. The van der Waals surface area contributed by atoms with Gasteiger partial charge in [-0.2, -0.15) is 0 Å². The number of hydrogen-bond donors (Lipinski definition) is 2. The van der Waals surface area contributed by atoms with Crippen molar-refractivity contribution in [3.63, 3.8) is 0 Å². The first-order valence-corrected chi connectivity index (χ1v) is 7.93. The Labute approximate surface area is 152 Å². The van der Waals surface area contributed by atoms with E-state index in [9.17, 15) is 4.79 Å². The van der Waals surface area contributed by atoms with Crippen molar-refractivity contribution in [2.75, 3.05) is 26.2 Å². The lowest BCUT2D eigenvalue weighted by Gasteiger charge is -2.32. The van der Waals surface area contributed by atoms with Crippen molar-refractivity contribution in [2.45, 2.75) is 26.3 Å². The van der Waals surface area contributed by atoms with Gasteiger partial charge in [0.25, 0.3) is 0 Å². The number of likely N-dealkylation sites (tertiary alicyclic amines) is 1. The number of piperidine rings is 1. The number of hydrogen-bond acceptors (Lipinski definition) is 3. The van der Waals surface area contributed by atoms with E-state index in [1.807, 2.05) is 6.92 Å². The minimum Gasteiger partial charge on any atom is -0.356 e. The van der Waals surface area contributed by atoms with E-state index in [1.165, 1.54) is 5.56 Å². The van der Waals surface area contributed by atoms with Crippen LogP contribution in [0.1, 0.15) is 25.3 Å². The third-order valence-corrected chi connectivity index (χ3v) is 4.32. The van der Waals surface area contributed by atoms with Gasteiger partial charge in [-0.05, 0) is 37.4 Å². The lowest BCUT2D eigenvalue weighted by molar-refractivity contribution is -0.124. The zero-order valence-electron chi connectivity index (χ0n) is 13.7. The molecule has 0 aliphatic carbocycles. The van der Waals surface area contributed by atoms with Gasteiger partial charge in [0.05, 0.1) is 0 Å². The highest BCUT2D eigenvalue weighted by atomic mass is 35.5. The van der Waals surface area contributed by atoms with E-state index < -0.39 is 0 Å². The second-order valence-electron chi connectivity index (χ2n) is 6.09. The van der Waals surface area contributed by atoms with E-state index in [0.29, 0.717) is 12.5 Å². The second kappa shape index (κ2) is 11.7. The van der Waals surface area contributed by atoms with Crippen LogP contribution in [0.3, 0.4) is 0 Å². The normalized spacial score (nSPS) is 16.8. The Kier molecular flexibility index (Phi) is 11.3. The van der Waals surface area contributed by atoms with Gasteiger partial charge in [0.15, 0.2) is 0 Å². The average molecular weight is 362 g/mol. The van der Waals surface area contributed by atoms with E-state index in [4.69, 9.17) is 5.73 Å². The first kappa shape index (κ1) is 22.2. The fourth-order valence-corrected chi connectivity index (χ4v) is 2.72. The topological polar surface area (TPSA) is 58.4 Å². The first-order valence-electron chi connectivity index (χ1n) is 7.93. The van der Waals surface area contributed by atoms with E-state index in [2.05, 4.69) is 40.5 Å². The highest BCUT2D eigenvalue weighted by Gasteiger charge is 2.20. The Morgan fingerprint density at radius 1 is 1.26 bits per heavy atom. The van der Waals surface area contributed by atoms with Gasteiger partial charge in [0.2, 0.25) is 5.91 Å². The minimum atomic E-state index is -0.0804. The molecular weight excluding hydrogens is 333 g/mol. The molecule has 1 aliphatic heterocycles. The number of nitrogens with two attached hydrogens (primary N) is 1. The SMILES string of the molecule is CC(CN)C(=O)NCC1CCN(Cc2ccccc2)CC1.Cl.Cl. The minimum absolute atomic E-state index is 0. The fraction of sp³-hybridized carbons (Fsp3) is 0.588. The second-order valence-corrected chi connectivity index (χ2v) is 6.09. The standard InChI is InChI=1S/C17H27N3O.2ClH/c1-14(11-18)17(21)19-12-15-7-9-20(10-8-15)13-16-5-3-2-4-6-16;;/h2-6,14-15H,7-13,18H2,1H3,(H,19,21);2*1H. The Bertz CT molecular complexity index is 437. The maximum absolute atomic E-state index is 11.7. The third kappa shape index (κ3) is 7.53. The van der Waals surface area contributed by atoms with Gasteiger partial charge in [-0.25, -0.2) is 0 Å². The van der Waals surface area contributed by atoms with E-state index in [0.717, 1.165) is 39.0 Å². The van der Waals surface area contributed by atoms with Crippen LogP contribution < -0.4 is 11.1 Å². The molecule has 1 aliphatic rings. The molecule has 0 aromatic heterocycles. The number of nitrogens with zero attached hydrogens (tertiary/aromatic N) is 1. The summed E-state index contributed by atoms with van der Waals surface area (Å²) in [5.41, 5.74) is 6.88. The van der Waals surface area contributed by atoms with Crippen LogP contribution >= 0.6 is 24.8 Å². The summed E-state index contributed by atoms with van der Waals surface area (Å²) in [4.78, 5) is 14.2. The first-order chi connectivity index (χ1) is 10.2. The molecule has 1 aromatic carbocycles. The molecule has 0 radical (unpaired) electrons. The maximum Gasteiger partial charge on any atom is 0.224 e. The van der Waals surface area contributed by atoms with Gasteiger partial charge < -0.3 is 11.1 Å². The number of amides is 1. The Morgan fingerprint density at radius 3 is 2.43 bits per heavy atom. The monoisotopic (exact) mass is 361 g/mol. The van der Waals surface area contributed by atoms with Gasteiger partial charge >= 0.3 is 0 Å². The summed E-state index contributed by atoms with van der Waals surface area (Å²) in [6, 6.07) is 10.6. The van der Waals surface area contributed by atoms with Crippen molar-refractivity contribution in [2.24, 2.45) is 17.6 Å². The largest absolute Gasteiger partial charge is 0.356 e. The molecule has 23 heavy (non-hydrogen) atoms. The predicted molar refractivity (Wildman–Crippen MR) is 100 cm³/mol. The molecule has 132 valence electrons. The highest BCUT2D eigenvalue weighted by Crippen LogP contribution is 2.18. The molecule has 1 saturated heterocycles. The van der Waals surface area contributed by atoms with Crippen molar-refractivity contribution in [1.82, 2.24) is 10.2 Å². The number of nitrogens with one attached hydrogen (secondary N) is 1. The lowest BCUT2D eigenvalue weighted by Crippen LogP contribution is -2.40. The van der Waals surface area contributed by atoms with E-state index in [-0.39, 0.29) is 36.6 Å². The van der Waals surface area contributed by atoms with Crippen molar-refractivity contribution in [3.05, 3.63) is 35.9 Å². The summed E-state index contributed by atoms with van der Waals surface area (Å²) in [7, 11) is 0. The fourth-order valence-electron chi connectivity index (χ4n) is 2.72. The van der Waals surface area contributed by atoms with Crippen LogP contribution in [0.25, 0.3) is 0 Å². The molecule has 2 rings (SSSR count). The molecule has 0 spiro atoms. The Morgan fingerprint density at radius 2 is 1.87 bits per heavy atom. The van der Waals surface area contributed by atoms with Crippen LogP contribution in [0.2, 0.25) is 0 Å². The molecule has 1 amide bonds. The van der Waals surface area contributed by atoms with Gasteiger partial charge in [0, 0.05) is 25.6 Å². The molecule has 1 aromatic rings. The summed E-state index contributed by atoms with van der Waals surface area (Å²) in [6.07, 6.45) is 2.31. The van der Waals surface area contributed by atoms with E-state index >= 15 is 0 Å². The molecule has 0 bridgehead atoms. The number of halogens is 2. The van der Waals surface area contributed by atoms with Crippen LogP contribution in [-0.2, 0) is 11.3 Å². The molecule has 3 N–H and O–H groups in total. The average Bonchev–Trinajstić information content (AvgIpc) is 2.54. The number of carbonyl (C=O) groups is 1. The van der Waals surface area contributed by atoms with Crippen molar-refractivity contribution in [3.8, 4) is 0 Å². The summed E-state index contributed by atoms with van der Waals surface area (Å²) in [5, 5.41) is 3.03. The molecule has 1 heterocycles. The number of rotatable bonds is 6. The quantitative estimate of drug-likeness (QED) is 0.817. The molecule has 1 atom stereocenters. The number of benzene rings is 1. The van der Waals surface area contributed by atoms with Crippen LogP contribution in [0.15, 0.2) is 30.3 Å². The summed E-state index contributed by atoms with van der Waals surface area (Å²) in [6.45, 7) is 6.34. The van der Waals surface area contributed by atoms with Crippen LogP contribution in [-0.4, -0.2) is 37.0 Å². The summed E-state index contributed by atoms with van der Waals surface area (Å²) in [5.74, 6) is 0.610. The predicted octanol–water partition coefficient (Wildman–Crippen LogP) is 2.45. The van der Waals surface area contributed by atoms with E-state index in [1.54, 1.807) is 0 Å². The van der Waals surface area contributed by atoms with Gasteiger partial charge in [0.1, 0.15) is 0 Å². The van der Waals surface area contributed by atoms with Gasteiger partial charge in [-0.15, -0.1) is 24.8 Å². The molecular formula is C17H29Cl2N3O. The summed E-state index contributed by atoms with van der Waals surface area (Å²) >= 11 is 0. The Hall–Kier alpha value is -0.810. The van der Waals surface area contributed by atoms with Crippen molar-refractivity contribution in [1.29, 1.82) is 0 Å². The molecule has 4 nitrogen and oxygen atoms in total. The van der Waals surface area contributed by atoms with Gasteiger partial charge in [-0.1, -0.05) is 37.3 Å². The lowest BCUT2D eigenvalue weighted by atomic mass is 9.96. The van der Waals surface area contributed by atoms with Crippen molar-refractivity contribution >= 4 is 30.7 Å². The third-order valence-electron chi connectivity index (χ3n) is 4.32. The van der Waals surface area contributed by atoms with Crippen molar-refractivity contribution < 1.29 is 4.79 Å². The molecule has 1 fully saturated rings. The smallest absolute Gasteiger partial charge is 0.224 e. The van der Waals surface area contributed by atoms with Crippen LogP contribution in [0.4, 0.5) is 0 Å². The molecule has 1 unspecified atom stereocenters. The zero-order chi connectivity index (χ0) is 15.1. The van der Waals surface area contributed by atoms with Gasteiger partial charge in [-0.3, -0.25) is 9.69 Å². The Balaban J connectivity index is 0.00000242. The molecule has 6 heteroatoms. The van der Waals surface area contributed by atoms with Crippen LogP contribution in [0.5, 0.6) is 0 Å². The van der Waals surface area contributed by atoms with Crippen LogP contribution in [0, 0.1) is 11.8 Å². The number of carbonyl (C=O) groups excluding carboxylic acids is 1. The summed E-state index contributed by atoms with van der Waals surface area (Å²) < 4.78 is 0. The zero-order valence-corrected chi connectivity index (χ0v) is 15.4.